The lowest BCUT2D eigenvalue weighted by atomic mass is 10.1. The van der Waals surface area contributed by atoms with Crippen LogP contribution in [0.25, 0.3) is 10.9 Å². The third kappa shape index (κ3) is 3.62. The van der Waals surface area contributed by atoms with Gasteiger partial charge in [-0.3, -0.25) is 9.59 Å². The minimum absolute atomic E-state index is 0.162. The van der Waals surface area contributed by atoms with Crippen LogP contribution in [-0.4, -0.2) is 32.9 Å². The summed E-state index contributed by atoms with van der Waals surface area (Å²) in [5.74, 6) is -2.63. The fourth-order valence-electron chi connectivity index (χ4n) is 2.68. The number of aromatic nitrogens is 1. The van der Waals surface area contributed by atoms with E-state index >= 15 is 0 Å². The summed E-state index contributed by atoms with van der Waals surface area (Å²) in [5.41, 5.74) is 1.51. The molecule has 3 aromatic rings. The molecule has 0 bridgehead atoms. The normalized spacial score (nSPS) is 12.2. The number of anilines is 1. The molecule has 3 N–H and O–H groups in total. The first kappa shape index (κ1) is 19.6. The minimum atomic E-state index is -1.20. The molecule has 2 aromatic carbocycles. The molecular formula is C19H12Cl2N2O5. The minimum Gasteiger partial charge on any atom is -0.505 e. The predicted octanol–water partition coefficient (Wildman–Crippen LogP) is 4.08. The van der Waals surface area contributed by atoms with Crippen LogP contribution in [0.2, 0.25) is 10.0 Å². The Bertz CT molecular complexity index is 1160. The van der Waals surface area contributed by atoms with Crippen LogP contribution >= 0.6 is 23.2 Å². The zero-order valence-corrected chi connectivity index (χ0v) is 15.8. The number of carbonyl (C=O) groups excluding carboxylic acids is 2. The van der Waals surface area contributed by atoms with Gasteiger partial charge in [-0.25, -0.2) is 9.78 Å². The van der Waals surface area contributed by atoms with Crippen molar-refractivity contribution in [2.24, 2.45) is 0 Å². The summed E-state index contributed by atoms with van der Waals surface area (Å²) in [5, 5.41) is 22.3. The van der Waals surface area contributed by atoms with Crippen molar-refractivity contribution in [1.29, 1.82) is 0 Å². The van der Waals surface area contributed by atoms with Crippen LogP contribution in [0.5, 0.6) is 5.75 Å². The van der Waals surface area contributed by atoms with Gasteiger partial charge in [0.2, 0.25) is 0 Å². The number of carbonyl (C=O) groups is 3. The van der Waals surface area contributed by atoms with Crippen molar-refractivity contribution >= 4 is 57.5 Å². The number of aryl methyl sites for hydroxylation is 1. The summed E-state index contributed by atoms with van der Waals surface area (Å²) in [4.78, 5) is 37.1. The monoisotopic (exact) mass is 418 g/mol. The molecule has 0 aliphatic carbocycles. The van der Waals surface area contributed by atoms with Crippen molar-refractivity contribution in [2.75, 3.05) is 5.32 Å². The zero-order valence-electron chi connectivity index (χ0n) is 14.3. The smallest absolute Gasteiger partial charge is 0.340 e. The molecule has 0 radical (unpaired) electrons. The molecule has 7 nitrogen and oxygen atoms in total. The first-order valence-electron chi connectivity index (χ1n) is 7.86. The number of aromatic hydroxyl groups is 1. The van der Waals surface area contributed by atoms with Crippen molar-refractivity contribution in [2.45, 2.75) is 6.92 Å². The molecule has 1 aliphatic rings. The van der Waals surface area contributed by atoms with Gasteiger partial charge in [0.25, 0.3) is 11.7 Å². The Labute approximate surface area is 168 Å². The molecule has 9 heteroatoms. The fraction of sp³-hybridized carbons (Fsp3) is 0.0526. The van der Waals surface area contributed by atoms with E-state index in [1.807, 2.05) is 0 Å². The number of nitrogens with one attached hydrogen (secondary N) is 1. The van der Waals surface area contributed by atoms with Crippen molar-refractivity contribution in [3.63, 3.8) is 0 Å². The summed E-state index contributed by atoms with van der Waals surface area (Å²) in [6.07, 6.45) is 0. The van der Waals surface area contributed by atoms with E-state index in [2.05, 4.69) is 10.3 Å². The number of aromatic carboxylic acids is 1. The first-order chi connectivity index (χ1) is 13.2. The van der Waals surface area contributed by atoms with Gasteiger partial charge in [0.05, 0.1) is 22.5 Å². The predicted molar refractivity (Wildman–Crippen MR) is 105 cm³/mol. The third-order valence-electron chi connectivity index (χ3n) is 3.99. The Balaban J connectivity index is 0.000000167. The topological polar surface area (TPSA) is 117 Å². The second-order valence-electron chi connectivity index (χ2n) is 5.86. The van der Waals surface area contributed by atoms with E-state index in [1.54, 1.807) is 31.2 Å². The van der Waals surface area contributed by atoms with Gasteiger partial charge in [-0.1, -0.05) is 23.2 Å². The van der Waals surface area contributed by atoms with E-state index in [4.69, 9.17) is 28.3 Å². The molecule has 28 heavy (non-hydrogen) atoms. The van der Waals surface area contributed by atoms with E-state index in [0.29, 0.717) is 32.2 Å². The molecule has 1 aromatic heterocycles. The van der Waals surface area contributed by atoms with Crippen molar-refractivity contribution in [1.82, 2.24) is 4.98 Å². The Morgan fingerprint density at radius 1 is 1.07 bits per heavy atom. The van der Waals surface area contributed by atoms with E-state index in [-0.39, 0.29) is 17.0 Å². The molecule has 0 unspecified atom stereocenters. The molecule has 2 heterocycles. The van der Waals surface area contributed by atoms with Crippen LogP contribution in [0.3, 0.4) is 0 Å². The van der Waals surface area contributed by atoms with Crippen LogP contribution in [0, 0.1) is 6.92 Å². The standard InChI is InChI=1S/C11H8ClNO3.C8H4ClNO2/c1-5-10(14)9(11(15)16)7-4-6(12)2-3-8(7)13-5;9-4-1-2-6-5(3-4)7(11)8(12)10-6/h2-4,14H,1H3,(H,15,16);1-3H,(H,10,11,12). The van der Waals surface area contributed by atoms with E-state index in [0.717, 1.165) is 0 Å². The Kier molecular flexibility index (Phi) is 5.22. The van der Waals surface area contributed by atoms with Gasteiger partial charge in [0, 0.05) is 15.4 Å². The Morgan fingerprint density at radius 2 is 1.71 bits per heavy atom. The quantitative estimate of drug-likeness (QED) is 0.512. The molecule has 0 atom stereocenters. The number of carboxylic acids is 1. The Hall–Kier alpha value is -3.16. The van der Waals surface area contributed by atoms with E-state index < -0.39 is 17.7 Å². The number of pyridine rings is 1. The number of rotatable bonds is 1. The highest BCUT2D eigenvalue weighted by Gasteiger charge is 2.27. The number of ketones is 1. The number of carboxylic acid groups (broad SMARTS) is 1. The van der Waals surface area contributed by atoms with E-state index in [1.165, 1.54) is 12.1 Å². The average molecular weight is 419 g/mol. The SMILES string of the molecule is Cc1nc2ccc(Cl)cc2c(C(=O)O)c1O.O=C1Nc2ccc(Cl)cc2C1=O. The highest BCUT2D eigenvalue weighted by atomic mass is 35.5. The highest BCUT2D eigenvalue weighted by Crippen LogP contribution is 2.30. The number of Topliss-reactive ketones (excluding diaryl/α,β-unsaturated/α-hetero) is 1. The molecule has 142 valence electrons. The average Bonchev–Trinajstić information content (AvgIpc) is 2.91. The van der Waals surface area contributed by atoms with Crippen molar-refractivity contribution < 1.29 is 24.6 Å². The number of hydrogen-bond acceptors (Lipinski definition) is 5. The molecule has 0 fully saturated rings. The second-order valence-corrected chi connectivity index (χ2v) is 6.73. The molecular weight excluding hydrogens is 407 g/mol. The van der Waals surface area contributed by atoms with Crippen molar-refractivity contribution in [3.05, 3.63) is 63.3 Å². The van der Waals surface area contributed by atoms with Gasteiger partial charge in [-0.15, -0.1) is 0 Å². The first-order valence-corrected chi connectivity index (χ1v) is 8.62. The summed E-state index contributed by atoms with van der Waals surface area (Å²) < 4.78 is 0. The van der Waals surface area contributed by atoms with Crippen LogP contribution in [0.4, 0.5) is 5.69 Å². The summed E-state index contributed by atoms with van der Waals surface area (Å²) in [7, 11) is 0. The van der Waals surface area contributed by atoms with Gasteiger partial charge >= 0.3 is 5.97 Å². The van der Waals surface area contributed by atoms with Gasteiger partial charge in [-0.05, 0) is 43.3 Å². The van der Waals surface area contributed by atoms with Crippen LogP contribution < -0.4 is 5.32 Å². The summed E-state index contributed by atoms with van der Waals surface area (Å²) in [6, 6.07) is 9.44. The second kappa shape index (κ2) is 7.46. The molecule has 0 spiro atoms. The number of halogens is 2. The largest absolute Gasteiger partial charge is 0.505 e. The van der Waals surface area contributed by atoms with Gasteiger partial charge in [-0.2, -0.15) is 0 Å². The maximum atomic E-state index is 11.1. The molecule has 4 rings (SSSR count). The zero-order chi connectivity index (χ0) is 20.6. The maximum absolute atomic E-state index is 11.1. The van der Waals surface area contributed by atoms with Crippen molar-refractivity contribution in [3.8, 4) is 5.75 Å². The lowest BCUT2D eigenvalue weighted by Crippen LogP contribution is -2.12. The number of hydrogen-bond donors (Lipinski definition) is 3. The maximum Gasteiger partial charge on any atom is 0.340 e. The van der Waals surface area contributed by atoms with Gasteiger partial charge < -0.3 is 15.5 Å². The Morgan fingerprint density at radius 3 is 2.39 bits per heavy atom. The summed E-state index contributed by atoms with van der Waals surface area (Å²) >= 11 is 11.4. The number of fused-ring (bicyclic) bond motifs is 2. The summed E-state index contributed by atoms with van der Waals surface area (Å²) in [6.45, 7) is 1.55. The lowest BCUT2D eigenvalue weighted by molar-refractivity contribution is -0.112. The third-order valence-corrected chi connectivity index (χ3v) is 4.46. The molecule has 0 saturated heterocycles. The number of amides is 1. The van der Waals surface area contributed by atoms with Gasteiger partial charge in [0.1, 0.15) is 5.56 Å². The van der Waals surface area contributed by atoms with Crippen LogP contribution in [-0.2, 0) is 4.79 Å². The van der Waals surface area contributed by atoms with Gasteiger partial charge in [0.15, 0.2) is 5.75 Å². The van der Waals surface area contributed by atoms with Crippen LogP contribution in [0.1, 0.15) is 26.4 Å². The lowest BCUT2D eigenvalue weighted by Gasteiger charge is -2.07. The number of nitrogens with zero attached hydrogens (tertiary/aromatic N) is 1. The number of benzene rings is 2. The molecule has 1 amide bonds. The highest BCUT2D eigenvalue weighted by molar-refractivity contribution is 6.52. The van der Waals surface area contributed by atoms with E-state index in [9.17, 15) is 19.5 Å². The van der Waals surface area contributed by atoms with Crippen LogP contribution in [0.15, 0.2) is 36.4 Å². The fourth-order valence-corrected chi connectivity index (χ4v) is 3.02. The molecule has 1 aliphatic heterocycles. The molecule has 0 saturated carbocycles.